The fraction of sp³-hybridized carbons (Fsp3) is 0.667. The van der Waals surface area contributed by atoms with Gasteiger partial charge in [0.2, 0.25) is 0 Å². The number of hydrogen-bond donors (Lipinski definition) is 3. The molecule has 1 heterocycles. The number of nitrogens with zero attached hydrogens (tertiary/aromatic N) is 1. The van der Waals surface area contributed by atoms with E-state index in [2.05, 4.69) is 36.3 Å². The first-order valence-electron chi connectivity index (χ1n) is 5.98. The molecular formula is C12H20N4O. The standard InChI is InChI=1S/C12H20N4O/c1-12(2,3)10-6-9(15-16-10)11(17)14-8-4-7(13)5-8/h6-8H,4-5,13H2,1-3H3,(H,14,17)(H,15,16). The van der Waals surface area contributed by atoms with Gasteiger partial charge in [0.15, 0.2) is 0 Å². The minimum absolute atomic E-state index is 0.0235. The van der Waals surface area contributed by atoms with Gasteiger partial charge in [-0.2, -0.15) is 5.10 Å². The molecule has 0 unspecified atom stereocenters. The van der Waals surface area contributed by atoms with Gasteiger partial charge in [-0.25, -0.2) is 0 Å². The van der Waals surface area contributed by atoms with E-state index in [0.29, 0.717) is 5.69 Å². The summed E-state index contributed by atoms with van der Waals surface area (Å²) in [6.07, 6.45) is 1.73. The van der Waals surface area contributed by atoms with Crippen molar-refractivity contribution in [1.82, 2.24) is 15.5 Å². The molecule has 0 bridgehead atoms. The maximum Gasteiger partial charge on any atom is 0.271 e. The number of aromatic amines is 1. The number of rotatable bonds is 2. The van der Waals surface area contributed by atoms with Gasteiger partial charge in [-0.05, 0) is 18.9 Å². The first-order valence-corrected chi connectivity index (χ1v) is 5.98. The lowest BCUT2D eigenvalue weighted by Crippen LogP contribution is -2.50. The van der Waals surface area contributed by atoms with Gasteiger partial charge >= 0.3 is 0 Å². The van der Waals surface area contributed by atoms with Crippen molar-refractivity contribution in [2.75, 3.05) is 0 Å². The van der Waals surface area contributed by atoms with Crippen LogP contribution in [0.25, 0.3) is 0 Å². The minimum Gasteiger partial charge on any atom is -0.348 e. The Kier molecular flexibility index (Phi) is 2.95. The van der Waals surface area contributed by atoms with Gasteiger partial charge in [0, 0.05) is 23.2 Å². The number of hydrogen-bond acceptors (Lipinski definition) is 3. The molecule has 1 aromatic rings. The van der Waals surface area contributed by atoms with E-state index in [1.54, 1.807) is 0 Å². The maximum atomic E-state index is 11.9. The van der Waals surface area contributed by atoms with Crippen LogP contribution in [-0.2, 0) is 5.41 Å². The van der Waals surface area contributed by atoms with Crippen molar-refractivity contribution in [2.24, 2.45) is 5.73 Å². The highest BCUT2D eigenvalue weighted by Gasteiger charge is 2.28. The molecule has 1 amide bonds. The van der Waals surface area contributed by atoms with Gasteiger partial charge in [-0.15, -0.1) is 0 Å². The van der Waals surface area contributed by atoms with Gasteiger partial charge in [0.25, 0.3) is 5.91 Å². The van der Waals surface area contributed by atoms with Crippen molar-refractivity contribution in [2.45, 2.75) is 51.1 Å². The number of aromatic nitrogens is 2. The third kappa shape index (κ3) is 2.66. The second-order valence-corrected chi connectivity index (χ2v) is 5.82. The van der Waals surface area contributed by atoms with Crippen LogP contribution in [0.15, 0.2) is 6.07 Å². The zero-order chi connectivity index (χ0) is 12.6. The van der Waals surface area contributed by atoms with E-state index in [1.165, 1.54) is 0 Å². The van der Waals surface area contributed by atoms with E-state index in [1.807, 2.05) is 6.07 Å². The highest BCUT2D eigenvalue weighted by Crippen LogP contribution is 2.21. The third-order valence-corrected chi connectivity index (χ3v) is 3.13. The Morgan fingerprint density at radius 2 is 2.18 bits per heavy atom. The average molecular weight is 236 g/mol. The molecule has 17 heavy (non-hydrogen) atoms. The molecule has 0 saturated heterocycles. The highest BCUT2D eigenvalue weighted by molar-refractivity contribution is 5.92. The summed E-state index contributed by atoms with van der Waals surface area (Å²) in [6.45, 7) is 6.23. The van der Waals surface area contributed by atoms with Crippen molar-refractivity contribution < 1.29 is 4.79 Å². The van der Waals surface area contributed by atoms with E-state index < -0.39 is 0 Å². The largest absolute Gasteiger partial charge is 0.348 e. The first-order chi connectivity index (χ1) is 7.86. The zero-order valence-electron chi connectivity index (χ0n) is 10.6. The molecule has 5 nitrogen and oxygen atoms in total. The lowest BCUT2D eigenvalue weighted by atomic mass is 9.87. The van der Waals surface area contributed by atoms with Gasteiger partial charge in [0.1, 0.15) is 5.69 Å². The van der Waals surface area contributed by atoms with Gasteiger partial charge in [-0.1, -0.05) is 20.8 Å². The van der Waals surface area contributed by atoms with Gasteiger partial charge in [0.05, 0.1) is 0 Å². The second-order valence-electron chi connectivity index (χ2n) is 5.82. The summed E-state index contributed by atoms with van der Waals surface area (Å²) in [5, 5.41) is 9.88. The molecule has 5 heteroatoms. The monoisotopic (exact) mass is 236 g/mol. The molecule has 1 saturated carbocycles. The summed E-state index contributed by atoms with van der Waals surface area (Å²) in [4.78, 5) is 11.9. The predicted octanol–water partition coefficient (Wildman–Crippen LogP) is 0.927. The summed E-state index contributed by atoms with van der Waals surface area (Å²) in [6, 6.07) is 2.27. The van der Waals surface area contributed by atoms with Crippen LogP contribution in [0, 0.1) is 0 Å². The molecular weight excluding hydrogens is 216 g/mol. The third-order valence-electron chi connectivity index (χ3n) is 3.13. The minimum atomic E-state index is -0.117. The number of carbonyl (C=O) groups is 1. The molecule has 0 aromatic carbocycles. The summed E-state index contributed by atoms with van der Waals surface area (Å²) < 4.78 is 0. The average Bonchev–Trinajstić information content (AvgIpc) is 2.63. The van der Waals surface area contributed by atoms with Crippen molar-refractivity contribution in [3.63, 3.8) is 0 Å². The first kappa shape index (κ1) is 12.1. The zero-order valence-corrected chi connectivity index (χ0v) is 10.6. The highest BCUT2D eigenvalue weighted by atomic mass is 16.2. The van der Waals surface area contributed by atoms with Crippen molar-refractivity contribution in [3.8, 4) is 0 Å². The summed E-state index contributed by atoms with van der Waals surface area (Å²) in [5.41, 5.74) is 7.07. The SMILES string of the molecule is CC(C)(C)c1cc(C(=O)NC2CC(N)C2)n[nH]1. The molecule has 94 valence electrons. The fourth-order valence-corrected chi connectivity index (χ4v) is 1.86. The van der Waals surface area contributed by atoms with Crippen molar-refractivity contribution in [1.29, 1.82) is 0 Å². The summed E-state index contributed by atoms with van der Waals surface area (Å²) >= 11 is 0. The lowest BCUT2D eigenvalue weighted by Gasteiger charge is -2.32. The molecule has 1 fully saturated rings. The Hall–Kier alpha value is -1.36. The van der Waals surface area contributed by atoms with Crippen LogP contribution in [0.3, 0.4) is 0 Å². The van der Waals surface area contributed by atoms with Crippen LogP contribution < -0.4 is 11.1 Å². The van der Waals surface area contributed by atoms with Gasteiger partial charge < -0.3 is 11.1 Å². The van der Waals surface area contributed by atoms with Crippen LogP contribution in [0.1, 0.15) is 49.8 Å². The summed E-state index contributed by atoms with van der Waals surface area (Å²) in [5.74, 6) is -0.117. The molecule has 0 spiro atoms. The van der Waals surface area contributed by atoms with Crippen LogP contribution in [0.4, 0.5) is 0 Å². The van der Waals surface area contributed by atoms with Crippen LogP contribution in [-0.4, -0.2) is 28.2 Å². The molecule has 2 rings (SSSR count). The van der Waals surface area contributed by atoms with Crippen LogP contribution in [0.2, 0.25) is 0 Å². The molecule has 1 aromatic heterocycles. The Labute approximate surface area is 101 Å². The van der Waals surface area contributed by atoms with E-state index in [4.69, 9.17) is 5.73 Å². The second kappa shape index (κ2) is 4.14. The van der Waals surface area contributed by atoms with Crippen molar-refractivity contribution >= 4 is 5.91 Å². The van der Waals surface area contributed by atoms with E-state index in [-0.39, 0.29) is 23.4 Å². The molecule has 1 aliphatic carbocycles. The molecule has 0 radical (unpaired) electrons. The molecule has 4 N–H and O–H groups in total. The number of nitrogens with two attached hydrogens (primary N) is 1. The van der Waals surface area contributed by atoms with Crippen LogP contribution in [0.5, 0.6) is 0 Å². The maximum absolute atomic E-state index is 11.9. The molecule has 0 aliphatic heterocycles. The van der Waals surface area contributed by atoms with E-state index in [0.717, 1.165) is 18.5 Å². The number of amides is 1. The van der Waals surface area contributed by atoms with E-state index >= 15 is 0 Å². The molecule has 1 aliphatic rings. The fourth-order valence-electron chi connectivity index (χ4n) is 1.86. The van der Waals surface area contributed by atoms with Crippen molar-refractivity contribution in [3.05, 3.63) is 17.5 Å². The normalized spacial score (nSPS) is 24.2. The van der Waals surface area contributed by atoms with E-state index in [9.17, 15) is 4.79 Å². The Morgan fingerprint density at radius 1 is 1.53 bits per heavy atom. The quantitative estimate of drug-likeness (QED) is 0.714. The van der Waals surface area contributed by atoms with Gasteiger partial charge in [-0.3, -0.25) is 9.89 Å². The Balaban J connectivity index is 1.98. The number of H-pyrrole nitrogens is 1. The topological polar surface area (TPSA) is 83.8 Å². The number of carbonyl (C=O) groups excluding carboxylic acids is 1. The summed E-state index contributed by atoms with van der Waals surface area (Å²) in [7, 11) is 0. The smallest absolute Gasteiger partial charge is 0.271 e. The lowest BCUT2D eigenvalue weighted by molar-refractivity contribution is 0.0905. The Morgan fingerprint density at radius 3 is 2.65 bits per heavy atom. The number of nitrogens with one attached hydrogen (secondary N) is 2. The van der Waals surface area contributed by atoms with Crippen LogP contribution >= 0.6 is 0 Å². The predicted molar refractivity (Wildman–Crippen MR) is 65.8 cm³/mol. The molecule has 0 atom stereocenters. The Bertz CT molecular complexity index is 412.